The average molecular weight is 433 g/mol. The van der Waals surface area contributed by atoms with Crippen LogP contribution in [-0.2, 0) is 12.8 Å². The minimum atomic E-state index is -1.09. The van der Waals surface area contributed by atoms with Gasteiger partial charge in [0.2, 0.25) is 0 Å². The Balaban J connectivity index is 1.75. The predicted octanol–water partition coefficient (Wildman–Crippen LogP) is 4.12. The number of hydrogen-bond acceptors (Lipinski definition) is 5. The fourth-order valence-electron chi connectivity index (χ4n) is 3.85. The number of anilines is 1. The first-order valence-electron chi connectivity index (χ1n) is 10.3. The number of aromatic nitrogens is 4. The van der Waals surface area contributed by atoms with Crippen LogP contribution >= 0.6 is 0 Å². The number of hydrogen-bond donors (Lipinski definition) is 1. The first kappa shape index (κ1) is 21.4. The van der Waals surface area contributed by atoms with Gasteiger partial charge in [0.1, 0.15) is 11.6 Å². The summed E-state index contributed by atoms with van der Waals surface area (Å²) < 4.78 is 16.3. The van der Waals surface area contributed by atoms with Gasteiger partial charge in [0.15, 0.2) is 0 Å². The lowest BCUT2D eigenvalue weighted by atomic mass is 9.96. The van der Waals surface area contributed by atoms with Crippen molar-refractivity contribution in [2.75, 3.05) is 19.0 Å². The first-order chi connectivity index (χ1) is 15.2. The molecule has 0 saturated heterocycles. The minimum absolute atomic E-state index is 0.0214. The summed E-state index contributed by atoms with van der Waals surface area (Å²) in [6.07, 6.45) is 3.85. The molecule has 4 aromatic rings. The molecular formula is C24H24FN5O2. The Bertz CT molecular complexity index is 1310. The van der Waals surface area contributed by atoms with E-state index in [1.807, 2.05) is 31.1 Å². The smallest absolute Gasteiger partial charge is 0.338 e. The summed E-state index contributed by atoms with van der Waals surface area (Å²) in [6.45, 7) is 4.15. The zero-order valence-corrected chi connectivity index (χ0v) is 18.4. The fraction of sp³-hybridized carbons (Fsp3) is 0.250. The summed E-state index contributed by atoms with van der Waals surface area (Å²) in [6, 6.07) is 9.40. The molecular weight excluding hydrogens is 409 g/mol. The van der Waals surface area contributed by atoms with Crippen molar-refractivity contribution >= 4 is 22.7 Å². The van der Waals surface area contributed by atoms with E-state index in [1.165, 1.54) is 39.8 Å². The van der Waals surface area contributed by atoms with Gasteiger partial charge in [-0.2, -0.15) is 10.1 Å². The molecule has 2 aromatic carbocycles. The predicted molar refractivity (Wildman–Crippen MR) is 121 cm³/mol. The Labute approximate surface area is 185 Å². The van der Waals surface area contributed by atoms with Gasteiger partial charge >= 0.3 is 5.97 Å². The van der Waals surface area contributed by atoms with Gasteiger partial charge in [-0.15, -0.1) is 0 Å². The van der Waals surface area contributed by atoms with Crippen LogP contribution in [0.4, 0.5) is 10.2 Å². The largest absolute Gasteiger partial charge is 0.478 e. The van der Waals surface area contributed by atoms with Crippen LogP contribution in [0.15, 0.2) is 42.7 Å². The van der Waals surface area contributed by atoms with Crippen LogP contribution < -0.4 is 4.90 Å². The zero-order valence-electron chi connectivity index (χ0n) is 18.4. The average Bonchev–Trinajstić information content (AvgIpc) is 3.23. The summed E-state index contributed by atoms with van der Waals surface area (Å²) in [4.78, 5) is 22.0. The van der Waals surface area contributed by atoms with Gasteiger partial charge in [0.25, 0.3) is 5.95 Å². The van der Waals surface area contributed by atoms with E-state index in [-0.39, 0.29) is 17.3 Å². The summed E-state index contributed by atoms with van der Waals surface area (Å²) in [5.41, 5.74) is 4.69. The van der Waals surface area contributed by atoms with Crippen LogP contribution in [-0.4, -0.2) is 44.9 Å². The Morgan fingerprint density at radius 3 is 2.47 bits per heavy atom. The van der Waals surface area contributed by atoms with E-state index in [0.717, 1.165) is 11.8 Å². The number of rotatable bonds is 6. The number of halogens is 1. The van der Waals surface area contributed by atoms with Crippen molar-refractivity contribution in [3.05, 3.63) is 76.4 Å². The van der Waals surface area contributed by atoms with Crippen LogP contribution in [0.5, 0.6) is 0 Å². The maximum absolute atomic E-state index is 15.0. The lowest BCUT2D eigenvalue weighted by Crippen LogP contribution is -2.14. The third-order valence-electron chi connectivity index (χ3n) is 5.58. The normalized spacial score (nSPS) is 11.2. The van der Waals surface area contributed by atoms with Gasteiger partial charge in [-0.25, -0.2) is 18.9 Å². The molecule has 7 nitrogen and oxygen atoms in total. The van der Waals surface area contributed by atoms with E-state index in [4.69, 9.17) is 5.11 Å². The molecule has 0 unspecified atom stereocenters. The fourth-order valence-corrected chi connectivity index (χ4v) is 3.85. The highest BCUT2D eigenvalue weighted by Gasteiger charge is 2.16. The summed E-state index contributed by atoms with van der Waals surface area (Å²) in [5, 5.41) is 13.9. The van der Waals surface area contributed by atoms with Gasteiger partial charge in [-0.1, -0.05) is 18.2 Å². The van der Waals surface area contributed by atoms with E-state index >= 15 is 4.39 Å². The number of carbonyl (C=O) groups is 1. The molecule has 0 spiro atoms. The summed E-state index contributed by atoms with van der Waals surface area (Å²) >= 11 is 0. The molecule has 0 aliphatic carbocycles. The molecule has 2 heterocycles. The third-order valence-corrected chi connectivity index (χ3v) is 5.58. The SMILES string of the molecule is Cc1cccc(C)c1CCc1cc2c(N(C)C)nc(-n3cc(C(=O)O)cn3)nc2cc1F. The van der Waals surface area contributed by atoms with Gasteiger partial charge in [0, 0.05) is 31.7 Å². The van der Waals surface area contributed by atoms with E-state index < -0.39 is 5.97 Å². The maximum atomic E-state index is 15.0. The monoisotopic (exact) mass is 433 g/mol. The van der Waals surface area contributed by atoms with Gasteiger partial charge in [-0.3, -0.25) is 0 Å². The minimum Gasteiger partial charge on any atom is -0.478 e. The highest BCUT2D eigenvalue weighted by atomic mass is 19.1. The maximum Gasteiger partial charge on any atom is 0.338 e. The molecule has 0 fully saturated rings. The molecule has 4 rings (SSSR count). The topological polar surface area (TPSA) is 84.1 Å². The van der Waals surface area contributed by atoms with Crippen molar-refractivity contribution in [3.8, 4) is 5.95 Å². The number of fused-ring (bicyclic) bond motifs is 1. The number of aryl methyl sites for hydroxylation is 3. The number of carboxylic acids is 1. The van der Waals surface area contributed by atoms with Crippen LogP contribution in [0.2, 0.25) is 0 Å². The molecule has 0 saturated carbocycles. The molecule has 0 amide bonds. The number of nitrogens with zero attached hydrogens (tertiary/aromatic N) is 5. The Morgan fingerprint density at radius 1 is 1.12 bits per heavy atom. The van der Waals surface area contributed by atoms with E-state index in [1.54, 1.807) is 0 Å². The lowest BCUT2D eigenvalue weighted by molar-refractivity contribution is 0.0697. The Morgan fingerprint density at radius 2 is 1.84 bits per heavy atom. The van der Waals surface area contributed by atoms with Crippen molar-refractivity contribution < 1.29 is 14.3 Å². The molecule has 164 valence electrons. The lowest BCUT2D eigenvalue weighted by Gasteiger charge is -2.17. The molecule has 0 radical (unpaired) electrons. The van der Waals surface area contributed by atoms with Crippen molar-refractivity contribution in [2.24, 2.45) is 0 Å². The summed E-state index contributed by atoms with van der Waals surface area (Å²) in [5.74, 6) is -0.642. The highest BCUT2D eigenvalue weighted by Crippen LogP contribution is 2.28. The molecule has 0 atom stereocenters. The first-order valence-corrected chi connectivity index (χ1v) is 10.3. The molecule has 0 bridgehead atoms. The van der Waals surface area contributed by atoms with Gasteiger partial charge < -0.3 is 10.0 Å². The second-order valence-corrected chi connectivity index (χ2v) is 8.05. The van der Waals surface area contributed by atoms with E-state index in [9.17, 15) is 4.79 Å². The molecule has 2 aromatic heterocycles. The number of benzene rings is 2. The molecule has 32 heavy (non-hydrogen) atoms. The van der Waals surface area contributed by atoms with Crippen molar-refractivity contribution in [2.45, 2.75) is 26.7 Å². The van der Waals surface area contributed by atoms with Crippen LogP contribution in [0.25, 0.3) is 16.9 Å². The molecule has 8 heteroatoms. The number of carboxylic acid groups (broad SMARTS) is 1. The number of aromatic carboxylic acids is 1. The van der Waals surface area contributed by atoms with Crippen molar-refractivity contribution in [3.63, 3.8) is 0 Å². The quantitative estimate of drug-likeness (QED) is 0.492. The van der Waals surface area contributed by atoms with Crippen LogP contribution in [0.1, 0.15) is 32.6 Å². The molecule has 0 aliphatic rings. The van der Waals surface area contributed by atoms with Crippen LogP contribution in [0.3, 0.4) is 0 Å². The third kappa shape index (κ3) is 4.03. The Hall–Kier alpha value is -3.81. The van der Waals surface area contributed by atoms with Gasteiger partial charge in [0.05, 0.1) is 17.3 Å². The van der Waals surface area contributed by atoms with E-state index in [2.05, 4.69) is 41.0 Å². The van der Waals surface area contributed by atoms with Crippen molar-refractivity contribution in [1.29, 1.82) is 0 Å². The molecule has 1 N–H and O–H groups in total. The standard InChI is InChI=1S/C24H24FN5O2/c1-14-6-5-7-15(2)18(14)9-8-16-10-19-21(11-20(16)25)27-24(28-22(19)29(3)4)30-13-17(12-26-30)23(31)32/h5-7,10-13H,8-9H2,1-4H3,(H,31,32). The Kier molecular flexibility index (Phi) is 5.61. The van der Waals surface area contributed by atoms with Crippen LogP contribution in [0, 0.1) is 19.7 Å². The molecule has 0 aliphatic heterocycles. The van der Waals surface area contributed by atoms with E-state index in [0.29, 0.717) is 23.3 Å². The second kappa shape index (κ2) is 8.37. The zero-order chi connectivity index (χ0) is 23.0. The highest BCUT2D eigenvalue weighted by molar-refractivity contribution is 5.91. The summed E-state index contributed by atoms with van der Waals surface area (Å²) in [7, 11) is 3.69. The van der Waals surface area contributed by atoms with Gasteiger partial charge in [-0.05, 0) is 55.0 Å². The van der Waals surface area contributed by atoms with Crippen molar-refractivity contribution in [1.82, 2.24) is 19.7 Å². The second-order valence-electron chi connectivity index (χ2n) is 8.05.